The molecule has 0 spiro atoms. The lowest BCUT2D eigenvalue weighted by molar-refractivity contribution is 0.0510. The van der Waals surface area contributed by atoms with Crippen LogP contribution in [0.15, 0.2) is 30.5 Å². The summed E-state index contributed by atoms with van der Waals surface area (Å²) in [5.74, 6) is -0.409. The largest absolute Gasteiger partial charge is 0.333 e. The molecule has 146 valence electrons. The summed E-state index contributed by atoms with van der Waals surface area (Å²) in [5, 5.41) is 5.53. The van der Waals surface area contributed by atoms with Gasteiger partial charge in [-0.1, -0.05) is 11.6 Å². The first-order chi connectivity index (χ1) is 13.4. The first kappa shape index (κ1) is 18.9. The van der Waals surface area contributed by atoms with Gasteiger partial charge in [0, 0.05) is 18.3 Å². The van der Waals surface area contributed by atoms with E-state index in [2.05, 4.69) is 23.9 Å². The minimum absolute atomic E-state index is 0.0898. The Morgan fingerprint density at radius 3 is 2.46 bits per heavy atom. The molecule has 3 aromatic rings. The van der Waals surface area contributed by atoms with Crippen molar-refractivity contribution in [1.29, 1.82) is 0 Å². The topological polar surface area (TPSA) is 51.0 Å². The third-order valence-electron chi connectivity index (χ3n) is 5.54. The number of aryl methyl sites for hydroxylation is 1. The van der Waals surface area contributed by atoms with Crippen LogP contribution in [0.3, 0.4) is 0 Å². The number of nitrogens with zero attached hydrogens (tertiary/aromatic N) is 4. The van der Waals surface area contributed by atoms with Crippen molar-refractivity contribution < 1.29 is 9.18 Å². The molecule has 0 aliphatic carbocycles. The Bertz CT molecular complexity index is 1040. The Balaban J connectivity index is 1.80. The molecule has 0 unspecified atom stereocenters. The second kappa shape index (κ2) is 7.17. The number of benzene rings is 1. The molecule has 0 saturated carbocycles. The lowest BCUT2D eigenvalue weighted by Gasteiger charge is -2.39. The number of pyridine rings is 1. The van der Waals surface area contributed by atoms with Gasteiger partial charge in [-0.15, -0.1) is 0 Å². The fraction of sp³-hybridized carbons (Fsp3) is 0.381. The maximum atomic E-state index is 13.3. The van der Waals surface area contributed by atoms with Gasteiger partial charge in [0.1, 0.15) is 5.82 Å². The predicted molar refractivity (Wildman–Crippen MR) is 108 cm³/mol. The highest BCUT2D eigenvalue weighted by atomic mass is 35.5. The Morgan fingerprint density at radius 1 is 1.18 bits per heavy atom. The molecular formula is C21H22ClFN4O. The van der Waals surface area contributed by atoms with Gasteiger partial charge < -0.3 is 4.90 Å². The molecule has 1 saturated heterocycles. The number of carbonyl (C=O) groups excluding carboxylic acids is 1. The molecule has 2 aromatic heterocycles. The molecule has 1 amide bonds. The van der Waals surface area contributed by atoms with E-state index in [4.69, 9.17) is 11.6 Å². The number of halogens is 2. The lowest BCUT2D eigenvalue weighted by atomic mass is 9.96. The Labute approximate surface area is 168 Å². The van der Waals surface area contributed by atoms with E-state index in [9.17, 15) is 9.18 Å². The van der Waals surface area contributed by atoms with Crippen molar-refractivity contribution in [2.24, 2.45) is 0 Å². The number of likely N-dealkylation sites (tertiary alicyclic amines) is 1. The highest BCUT2D eigenvalue weighted by molar-refractivity contribution is 6.38. The molecular weight excluding hydrogens is 379 g/mol. The number of fused-ring (bicyclic) bond motifs is 1. The molecule has 1 aliphatic rings. The second-order valence-corrected chi connectivity index (χ2v) is 7.88. The van der Waals surface area contributed by atoms with Gasteiger partial charge in [0.2, 0.25) is 0 Å². The van der Waals surface area contributed by atoms with Crippen LogP contribution in [0, 0.1) is 12.7 Å². The fourth-order valence-electron chi connectivity index (χ4n) is 4.08. The standard InChI is InChI=1S/C21H22ClFN4O/c1-12-5-4-6-13(2)26(12)21(28)17-11-24-20-18(19(17)22)14(3)25-27(20)16-9-7-15(23)8-10-16/h7-13H,4-6H2,1-3H3/t12-,13-/m0/s1. The molecule has 1 aliphatic heterocycles. The maximum absolute atomic E-state index is 13.3. The molecule has 4 rings (SSSR count). The summed E-state index contributed by atoms with van der Waals surface area (Å²) < 4.78 is 14.9. The van der Waals surface area contributed by atoms with Crippen molar-refractivity contribution in [2.75, 3.05) is 0 Å². The van der Waals surface area contributed by atoms with Gasteiger partial charge in [0.25, 0.3) is 5.91 Å². The third kappa shape index (κ3) is 3.05. The molecule has 5 nitrogen and oxygen atoms in total. The Morgan fingerprint density at radius 2 is 1.82 bits per heavy atom. The van der Waals surface area contributed by atoms with E-state index < -0.39 is 0 Å². The van der Waals surface area contributed by atoms with Crippen molar-refractivity contribution in [2.45, 2.75) is 52.1 Å². The molecule has 7 heteroatoms. The molecule has 0 radical (unpaired) electrons. The van der Waals surface area contributed by atoms with Gasteiger partial charge in [-0.2, -0.15) is 5.10 Å². The van der Waals surface area contributed by atoms with Crippen molar-refractivity contribution in [3.63, 3.8) is 0 Å². The van der Waals surface area contributed by atoms with Crippen molar-refractivity contribution in [3.8, 4) is 5.69 Å². The van der Waals surface area contributed by atoms with E-state index in [1.807, 2.05) is 11.8 Å². The lowest BCUT2D eigenvalue weighted by Crippen LogP contribution is -2.47. The SMILES string of the molecule is Cc1nn(-c2ccc(F)cc2)c2ncc(C(=O)N3[C@@H](C)CCC[C@@H]3C)c(Cl)c12. The highest BCUT2D eigenvalue weighted by Gasteiger charge is 2.32. The number of hydrogen-bond donors (Lipinski definition) is 0. The number of aromatic nitrogens is 3. The van der Waals surface area contributed by atoms with Gasteiger partial charge in [0.05, 0.1) is 27.4 Å². The van der Waals surface area contributed by atoms with Crippen LogP contribution in [0.2, 0.25) is 5.02 Å². The molecule has 1 aromatic carbocycles. The zero-order chi connectivity index (χ0) is 20.0. The highest BCUT2D eigenvalue weighted by Crippen LogP contribution is 2.32. The average Bonchev–Trinajstić information content (AvgIpc) is 3.00. The van der Waals surface area contributed by atoms with Crippen LogP contribution >= 0.6 is 11.6 Å². The summed E-state index contributed by atoms with van der Waals surface area (Å²) in [6.07, 6.45) is 4.64. The Kier molecular flexibility index (Phi) is 4.83. The third-order valence-corrected chi connectivity index (χ3v) is 5.93. The van der Waals surface area contributed by atoms with Crippen LogP contribution in [-0.4, -0.2) is 37.7 Å². The monoisotopic (exact) mass is 400 g/mol. The molecule has 1 fully saturated rings. The summed E-state index contributed by atoms with van der Waals surface area (Å²) in [7, 11) is 0. The minimum Gasteiger partial charge on any atom is -0.333 e. The smallest absolute Gasteiger partial charge is 0.257 e. The average molecular weight is 401 g/mol. The van der Waals surface area contributed by atoms with Gasteiger partial charge in [-0.25, -0.2) is 14.1 Å². The number of rotatable bonds is 2. The van der Waals surface area contributed by atoms with Crippen LogP contribution in [0.1, 0.15) is 49.2 Å². The fourth-order valence-corrected chi connectivity index (χ4v) is 4.43. The number of carbonyl (C=O) groups is 1. The molecule has 28 heavy (non-hydrogen) atoms. The van der Waals surface area contributed by atoms with Crippen LogP contribution in [0.25, 0.3) is 16.7 Å². The van der Waals surface area contributed by atoms with Gasteiger partial charge in [-0.3, -0.25) is 4.79 Å². The van der Waals surface area contributed by atoms with E-state index >= 15 is 0 Å². The summed E-state index contributed by atoms with van der Waals surface area (Å²) in [5.41, 5.74) is 2.30. The van der Waals surface area contributed by atoms with E-state index in [1.165, 1.54) is 18.3 Å². The molecule has 0 N–H and O–H groups in total. The predicted octanol–water partition coefficient (Wildman–Crippen LogP) is 4.92. The van der Waals surface area contributed by atoms with Crippen LogP contribution in [-0.2, 0) is 0 Å². The number of hydrogen-bond acceptors (Lipinski definition) is 3. The first-order valence-corrected chi connectivity index (χ1v) is 9.88. The normalized spacial score (nSPS) is 20.0. The van der Waals surface area contributed by atoms with Crippen molar-refractivity contribution in [1.82, 2.24) is 19.7 Å². The number of amides is 1. The van der Waals surface area contributed by atoms with Gasteiger partial charge in [-0.05, 0) is 64.3 Å². The zero-order valence-corrected chi connectivity index (χ0v) is 16.9. The maximum Gasteiger partial charge on any atom is 0.257 e. The quantitative estimate of drug-likeness (QED) is 0.613. The second-order valence-electron chi connectivity index (χ2n) is 7.50. The summed E-state index contributed by atoms with van der Waals surface area (Å²) in [4.78, 5) is 19.7. The van der Waals surface area contributed by atoms with Crippen LogP contribution in [0.5, 0.6) is 0 Å². The van der Waals surface area contributed by atoms with E-state index in [1.54, 1.807) is 16.8 Å². The zero-order valence-electron chi connectivity index (χ0n) is 16.1. The van der Waals surface area contributed by atoms with E-state index in [0.717, 1.165) is 19.3 Å². The minimum atomic E-state index is -0.319. The van der Waals surface area contributed by atoms with Gasteiger partial charge >= 0.3 is 0 Å². The van der Waals surface area contributed by atoms with Crippen molar-refractivity contribution in [3.05, 3.63) is 52.6 Å². The number of piperidine rings is 1. The van der Waals surface area contributed by atoms with Crippen LogP contribution < -0.4 is 0 Å². The summed E-state index contributed by atoms with van der Waals surface area (Å²) >= 11 is 6.68. The van der Waals surface area contributed by atoms with Gasteiger partial charge in [0.15, 0.2) is 5.65 Å². The van der Waals surface area contributed by atoms with Crippen molar-refractivity contribution >= 4 is 28.5 Å². The molecule has 3 heterocycles. The molecule has 0 bridgehead atoms. The molecule has 2 atom stereocenters. The van der Waals surface area contributed by atoms with E-state index in [-0.39, 0.29) is 23.8 Å². The summed E-state index contributed by atoms with van der Waals surface area (Å²) in [6.45, 7) is 5.98. The van der Waals surface area contributed by atoms with E-state index in [0.29, 0.717) is 33.0 Å². The Hall–Kier alpha value is -2.47. The van der Waals surface area contributed by atoms with Crippen LogP contribution in [0.4, 0.5) is 4.39 Å². The summed E-state index contributed by atoms with van der Waals surface area (Å²) in [6, 6.07) is 6.35. The first-order valence-electron chi connectivity index (χ1n) is 9.51.